The molecule has 1 aliphatic carbocycles. The van der Waals surface area contributed by atoms with Crippen molar-refractivity contribution in [3.63, 3.8) is 0 Å². The van der Waals surface area contributed by atoms with E-state index in [-0.39, 0.29) is 50.3 Å². The molecular weight excluding hydrogens is 757 g/mol. The molecule has 1 unspecified atom stereocenters. The molecule has 338 valence electrons. The minimum atomic E-state index is -4.36. The molecule has 1 saturated carbocycles. The average molecular weight is 843 g/mol. The predicted molar refractivity (Wildman–Crippen MR) is 234 cm³/mol. The zero-order valence-electron chi connectivity index (χ0n) is 37.2. The Morgan fingerprint density at radius 3 is 2.05 bits per heavy atom. The largest absolute Gasteiger partial charge is 0.498 e. The van der Waals surface area contributed by atoms with E-state index >= 15 is 0 Å². The van der Waals surface area contributed by atoms with Crippen LogP contribution in [0, 0.1) is 11.8 Å². The van der Waals surface area contributed by atoms with Crippen LogP contribution in [-0.2, 0) is 32.7 Å². The highest BCUT2D eigenvalue weighted by Gasteiger charge is 2.39. The summed E-state index contributed by atoms with van der Waals surface area (Å²) in [7, 11) is 1.48. The van der Waals surface area contributed by atoms with Crippen molar-refractivity contribution in [3.05, 3.63) is 36.6 Å². The first-order valence-electron chi connectivity index (χ1n) is 22.9. The number of likely N-dealkylation sites (N-methyl/N-ethyl adjacent to an activating group) is 1. The van der Waals surface area contributed by atoms with Crippen molar-refractivity contribution >= 4 is 19.6 Å². The van der Waals surface area contributed by atoms with Gasteiger partial charge in [-0.3, -0.25) is 18.6 Å². The minimum Gasteiger partial charge on any atom is -0.498 e. The Bertz CT molecular complexity index is 1190. The van der Waals surface area contributed by atoms with Crippen LogP contribution in [0.25, 0.3) is 0 Å². The van der Waals surface area contributed by atoms with Gasteiger partial charge in [-0.1, -0.05) is 122 Å². The fourth-order valence-electron chi connectivity index (χ4n) is 7.00. The van der Waals surface area contributed by atoms with Crippen molar-refractivity contribution in [2.75, 3.05) is 47.5 Å². The van der Waals surface area contributed by atoms with Crippen LogP contribution in [0.1, 0.15) is 168 Å². The quantitative estimate of drug-likeness (QED) is 0.0137. The van der Waals surface area contributed by atoms with Gasteiger partial charge in [0.25, 0.3) is 0 Å². The number of ketones is 1. The number of quaternary nitrogens is 1. The molecule has 0 aliphatic heterocycles. The van der Waals surface area contributed by atoms with Gasteiger partial charge in [0.2, 0.25) is 0 Å². The summed E-state index contributed by atoms with van der Waals surface area (Å²) in [6.07, 6.45) is 33.1. The fourth-order valence-corrected chi connectivity index (χ4v) is 7.74. The molecule has 1 aliphatic rings. The number of unbranched alkanes of at least 4 members (excludes halogenated alkanes) is 16. The number of phosphoric acid groups is 1. The number of allylic oxidation sites excluding steroid dienone is 3. The molecule has 0 heterocycles. The maximum Gasteiger partial charge on any atom is 0.472 e. The Morgan fingerprint density at radius 1 is 0.810 bits per heavy atom. The van der Waals surface area contributed by atoms with Crippen molar-refractivity contribution in [1.29, 1.82) is 0 Å². The Kier molecular flexibility index (Phi) is 31.6. The smallest absolute Gasteiger partial charge is 0.472 e. The molecule has 11 nitrogen and oxygen atoms in total. The summed E-state index contributed by atoms with van der Waals surface area (Å²) in [5, 5.41) is 20.8. The molecule has 0 bridgehead atoms. The fraction of sp³-hybridized carbons (Fsp3) is 0.826. The lowest BCUT2D eigenvalue weighted by atomic mass is 9.88. The van der Waals surface area contributed by atoms with E-state index in [1.807, 2.05) is 33.3 Å². The molecule has 58 heavy (non-hydrogen) atoms. The van der Waals surface area contributed by atoms with E-state index in [0.717, 1.165) is 64.2 Å². The lowest BCUT2D eigenvalue weighted by molar-refractivity contribution is -0.870. The third kappa shape index (κ3) is 30.2. The van der Waals surface area contributed by atoms with Crippen LogP contribution in [-0.4, -0.2) is 97.2 Å². The number of aliphatic hydroxyl groups is 2. The van der Waals surface area contributed by atoms with E-state index in [4.69, 9.17) is 18.5 Å². The minimum absolute atomic E-state index is 0.0289. The monoisotopic (exact) mass is 843 g/mol. The van der Waals surface area contributed by atoms with Crippen molar-refractivity contribution in [2.24, 2.45) is 11.8 Å². The van der Waals surface area contributed by atoms with Crippen LogP contribution in [0.2, 0.25) is 0 Å². The lowest BCUT2D eigenvalue weighted by Gasteiger charge is -2.24. The SMILES string of the molecule is CCCCCCCC/C=C\CCCCCC/C=C/OC[C@H](COP(=O)(O)OCC[N+](C)(C)C)OC(=O)CCCCCC[C@H]1C(=O)C[C@@H](O)[C@@H]1/C=C/[C@@H](O)CCCCC. The van der Waals surface area contributed by atoms with Gasteiger partial charge >= 0.3 is 13.8 Å². The average Bonchev–Trinajstić information content (AvgIpc) is 3.43. The highest BCUT2D eigenvalue weighted by atomic mass is 31.2. The van der Waals surface area contributed by atoms with Gasteiger partial charge in [-0.25, -0.2) is 4.57 Å². The standard InChI is InChI=1S/C46H84NO10P/c1-6-8-10-11-12-13-14-15-16-17-18-19-20-21-24-28-35-54-38-41(39-56-58(52,53)55-36-34-47(3,4)5)57-46(51)31-27-23-22-26-30-42-43(45(50)37-44(42)49)33-32-40(48)29-25-9-7-2/h15-16,28,32-33,35,40-43,45,48,50H,6-14,17-27,29-31,34,36-39H2,1-5H3/p+1/b16-15-,33-32+,35-28+/t40-,41+,42+,43+,45+/m0/s1. The number of aliphatic hydroxyl groups excluding tert-OH is 2. The second kappa shape index (κ2) is 33.8. The Labute approximate surface area is 353 Å². The molecule has 1 rings (SSSR count). The molecule has 1 fully saturated rings. The number of carbonyl (C=O) groups excluding carboxylic acids is 2. The molecule has 0 amide bonds. The second-order valence-electron chi connectivity index (χ2n) is 17.3. The zero-order valence-corrected chi connectivity index (χ0v) is 38.1. The molecule has 0 aromatic heterocycles. The highest BCUT2D eigenvalue weighted by Crippen LogP contribution is 2.43. The van der Waals surface area contributed by atoms with Crippen LogP contribution in [0.4, 0.5) is 0 Å². The van der Waals surface area contributed by atoms with E-state index in [9.17, 15) is 29.3 Å². The molecule has 6 atom stereocenters. The van der Waals surface area contributed by atoms with Gasteiger partial charge in [0.1, 0.15) is 25.5 Å². The third-order valence-corrected chi connectivity index (χ3v) is 11.6. The predicted octanol–water partition coefficient (Wildman–Crippen LogP) is 10.3. The van der Waals surface area contributed by atoms with Crippen LogP contribution in [0.15, 0.2) is 36.6 Å². The first-order chi connectivity index (χ1) is 27.8. The van der Waals surface area contributed by atoms with Crippen molar-refractivity contribution in [2.45, 2.75) is 186 Å². The summed E-state index contributed by atoms with van der Waals surface area (Å²) < 4.78 is 34.7. The molecule has 0 saturated heterocycles. The molecule has 0 spiro atoms. The number of phosphoric ester groups is 1. The van der Waals surface area contributed by atoms with Crippen molar-refractivity contribution in [3.8, 4) is 0 Å². The Morgan fingerprint density at radius 2 is 1.40 bits per heavy atom. The summed E-state index contributed by atoms with van der Waals surface area (Å²) >= 11 is 0. The van der Waals surface area contributed by atoms with E-state index in [0.29, 0.717) is 30.3 Å². The summed E-state index contributed by atoms with van der Waals surface area (Å²) in [6, 6.07) is 0. The topological polar surface area (TPSA) is 149 Å². The summed E-state index contributed by atoms with van der Waals surface area (Å²) in [5.74, 6) is -0.923. The molecule has 0 aromatic rings. The molecule has 12 heteroatoms. The highest BCUT2D eigenvalue weighted by molar-refractivity contribution is 7.47. The van der Waals surface area contributed by atoms with Crippen LogP contribution >= 0.6 is 7.82 Å². The lowest BCUT2D eigenvalue weighted by Crippen LogP contribution is -2.37. The van der Waals surface area contributed by atoms with Gasteiger partial charge in [-0.15, -0.1) is 0 Å². The summed E-state index contributed by atoms with van der Waals surface area (Å²) in [6.45, 7) is 4.53. The second-order valence-corrected chi connectivity index (χ2v) is 18.7. The number of Topliss-reactive ketones (excluding diaryl/α,β-unsaturated/α-hetero) is 1. The zero-order chi connectivity index (χ0) is 42.9. The number of hydrogen-bond acceptors (Lipinski definition) is 9. The number of esters is 1. The van der Waals surface area contributed by atoms with Crippen LogP contribution in [0.3, 0.4) is 0 Å². The Balaban J connectivity index is 2.45. The summed E-state index contributed by atoms with van der Waals surface area (Å²) in [4.78, 5) is 35.7. The first kappa shape index (κ1) is 54.2. The number of hydrogen-bond donors (Lipinski definition) is 3. The number of rotatable bonds is 38. The molecule has 0 aromatic carbocycles. The van der Waals surface area contributed by atoms with Gasteiger partial charge in [-0.2, -0.15) is 0 Å². The van der Waals surface area contributed by atoms with E-state index in [2.05, 4.69) is 26.0 Å². The summed E-state index contributed by atoms with van der Waals surface area (Å²) in [5.41, 5.74) is 0. The maximum atomic E-state index is 12.8. The number of carbonyl (C=O) groups is 2. The van der Waals surface area contributed by atoms with E-state index in [1.54, 1.807) is 12.3 Å². The molecule has 0 radical (unpaired) electrons. The first-order valence-corrected chi connectivity index (χ1v) is 24.4. The third-order valence-electron chi connectivity index (χ3n) is 10.6. The Hall–Kier alpha value is -1.85. The van der Waals surface area contributed by atoms with Gasteiger partial charge < -0.3 is 29.1 Å². The number of ether oxygens (including phenoxy) is 2. The van der Waals surface area contributed by atoms with Crippen LogP contribution in [0.5, 0.6) is 0 Å². The van der Waals surface area contributed by atoms with Gasteiger partial charge in [-0.05, 0) is 63.9 Å². The molecular formula is C46H85NO10P+. The molecule has 3 N–H and O–H groups in total. The van der Waals surface area contributed by atoms with Gasteiger partial charge in [0.15, 0.2) is 6.10 Å². The van der Waals surface area contributed by atoms with Crippen molar-refractivity contribution in [1.82, 2.24) is 0 Å². The number of nitrogens with zero attached hydrogens (tertiary/aromatic N) is 1. The van der Waals surface area contributed by atoms with Gasteiger partial charge in [0, 0.05) is 24.7 Å². The van der Waals surface area contributed by atoms with Gasteiger partial charge in [0.05, 0.1) is 46.2 Å². The van der Waals surface area contributed by atoms with E-state index < -0.39 is 32.1 Å². The van der Waals surface area contributed by atoms with Crippen molar-refractivity contribution < 1.29 is 52.3 Å². The van der Waals surface area contributed by atoms with Crippen LogP contribution < -0.4 is 0 Å². The normalized spacial score (nSPS) is 19.7. The maximum absolute atomic E-state index is 12.8. The van der Waals surface area contributed by atoms with E-state index in [1.165, 1.54) is 57.8 Å².